The van der Waals surface area contributed by atoms with Crippen LogP contribution in [0.15, 0.2) is 0 Å². The molecule has 0 aromatic rings. The first-order valence-electron chi connectivity index (χ1n) is 4.38. The highest BCUT2D eigenvalue weighted by Crippen LogP contribution is 2.45. The van der Waals surface area contributed by atoms with Gasteiger partial charge >= 0.3 is 0 Å². The molecule has 2 bridgehead atoms. The van der Waals surface area contributed by atoms with Crippen LogP contribution in [0.3, 0.4) is 0 Å². The van der Waals surface area contributed by atoms with Crippen molar-refractivity contribution in [3.63, 3.8) is 0 Å². The molecule has 0 radical (unpaired) electrons. The lowest BCUT2D eigenvalue weighted by Gasteiger charge is -2.52. The maximum absolute atomic E-state index is 5.36. The molecule has 3 aliphatic heterocycles. The van der Waals surface area contributed by atoms with E-state index in [9.17, 15) is 0 Å². The molecule has 3 nitrogen and oxygen atoms in total. The highest BCUT2D eigenvalue weighted by atomic mass is 16.9. The van der Waals surface area contributed by atoms with Crippen LogP contribution in [0.25, 0.3) is 0 Å². The number of hydrogen-bond donors (Lipinski definition) is 0. The van der Waals surface area contributed by atoms with Crippen LogP contribution in [-0.4, -0.2) is 26.3 Å². The molecule has 0 unspecified atom stereocenters. The Morgan fingerprint density at radius 3 is 1.67 bits per heavy atom. The van der Waals surface area contributed by atoms with Crippen molar-refractivity contribution in [2.24, 2.45) is 10.8 Å². The molecule has 0 aliphatic carbocycles. The van der Waals surface area contributed by atoms with Gasteiger partial charge in [-0.1, -0.05) is 20.8 Å². The van der Waals surface area contributed by atoms with Crippen LogP contribution in [0.2, 0.25) is 0 Å². The average molecular weight is 172 g/mol. The van der Waals surface area contributed by atoms with Gasteiger partial charge in [0.1, 0.15) is 0 Å². The number of hydrogen-bond acceptors (Lipinski definition) is 3. The Hall–Kier alpha value is -0.120. The van der Waals surface area contributed by atoms with Gasteiger partial charge in [-0.05, 0) is 5.41 Å². The molecule has 3 fully saturated rings. The van der Waals surface area contributed by atoms with Crippen LogP contribution < -0.4 is 0 Å². The Morgan fingerprint density at radius 2 is 1.42 bits per heavy atom. The maximum atomic E-state index is 5.36. The molecule has 0 N–H and O–H groups in total. The highest BCUT2D eigenvalue weighted by molar-refractivity contribution is 4.93. The van der Waals surface area contributed by atoms with Crippen molar-refractivity contribution >= 4 is 0 Å². The van der Waals surface area contributed by atoms with Gasteiger partial charge < -0.3 is 14.2 Å². The van der Waals surface area contributed by atoms with E-state index in [1.807, 2.05) is 0 Å². The van der Waals surface area contributed by atoms with E-state index in [0.29, 0.717) is 0 Å². The van der Waals surface area contributed by atoms with Crippen LogP contribution in [0.4, 0.5) is 0 Å². The molecular weight excluding hydrogens is 156 g/mol. The predicted molar refractivity (Wildman–Crippen MR) is 43.5 cm³/mol. The summed E-state index contributed by atoms with van der Waals surface area (Å²) in [5.74, 6) is 0. The van der Waals surface area contributed by atoms with E-state index in [0.717, 1.165) is 19.8 Å². The third-order valence-electron chi connectivity index (χ3n) is 3.08. The Balaban J connectivity index is 2.19. The molecule has 0 aromatic heterocycles. The number of ether oxygens (including phenoxy) is 3. The smallest absolute Gasteiger partial charge is 0.271 e. The first-order valence-corrected chi connectivity index (χ1v) is 4.38. The predicted octanol–water partition coefficient (Wildman–Crippen LogP) is 1.38. The second-order valence-electron chi connectivity index (χ2n) is 4.75. The van der Waals surface area contributed by atoms with Crippen LogP contribution >= 0.6 is 0 Å². The zero-order chi connectivity index (χ0) is 8.82. The highest BCUT2D eigenvalue weighted by Gasteiger charge is 2.50. The summed E-state index contributed by atoms with van der Waals surface area (Å²) in [6.45, 7) is 8.51. The third kappa shape index (κ3) is 1.08. The summed E-state index contributed by atoms with van der Waals surface area (Å²) in [7, 11) is 0. The minimum atomic E-state index is -0.394. The molecule has 0 atom stereocenters. The molecule has 0 amide bonds. The second kappa shape index (κ2) is 2.44. The molecule has 3 heteroatoms. The molecule has 12 heavy (non-hydrogen) atoms. The Kier molecular flexibility index (Phi) is 1.72. The summed E-state index contributed by atoms with van der Waals surface area (Å²) < 4.78 is 16.1. The van der Waals surface area contributed by atoms with E-state index in [-0.39, 0.29) is 10.8 Å². The molecule has 0 aromatic carbocycles. The third-order valence-corrected chi connectivity index (χ3v) is 3.08. The van der Waals surface area contributed by atoms with Gasteiger partial charge in [0, 0.05) is 5.41 Å². The van der Waals surface area contributed by atoms with E-state index >= 15 is 0 Å². The summed E-state index contributed by atoms with van der Waals surface area (Å²) >= 11 is 0. The molecule has 3 rings (SSSR count). The first kappa shape index (κ1) is 8.48. The fourth-order valence-electron chi connectivity index (χ4n) is 1.60. The Labute approximate surface area is 73.0 Å². The Bertz CT molecular complexity index is 161. The van der Waals surface area contributed by atoms with Crippen molar-refractivity contribution in [1.29, 1.82) is 0 Å². The fraction of sp³-hybridized carbons (Fsp3) is 1.00. The van der Waals surface area contributed by atoms with Crippen molar-refractivity contribution in [2.75, 3.05) is 19.8 Å². The van der Waals surface area contributed by atoms with E-state index in [4.69, 9.17) is 14.2 Å². The van der Waals surface area contributed by atoms with Crippen LogP contribution in [-0.2, 0) is 14.2 Å². The summed E-state index contributed by atoms with van der Waals surface area (Å²) in [6.07, 6.45) is 0. The minimum absolute atomic E-state index is 0.0573. The molecule has 70 valence electrons. The van der Waals surface area contributed by atoms with Gasteiger partial charge in [-0.3, -0.25) is 0 Å². The van der Waals surface area contributed by atoms with Crippen molar-refractivity contribution in [3.05, 3.63) is 0 Å². The topological polar surface area (TPSA) is 27.7 Å². The van der Waals surface area contributed by atoms with Crippen LogP contribution in [0.5, 0.6) is 0 Å². The second-order valence-corrected chi connectivity index (χ2v) is 4.75. The van der Waals surface area contributed by atoms with Crippen molar-refractivity contribution < 1.29 is 14.2 Å². The molecule has 3 heterocycles. The SMILES string of the molecule is CC(C)(C)C12COC(OC1)OC2. The van der Waals surface area contributed by atoms with Crippen LogP contribution in [0.1, 0.15) is 20.8 Å². The van der Waals surface area contributed by atoms with E-state index in [2.05, 4.69) is 20.8 Å². The Morgan fingerprint density at radius 1 is 1.00 bits per heavy atom. The van der Waals surface area contributed by atoms with Gasteiger partial charge in [-0.2, -0.15) is 0 Å². The zero-order valence-electron chi connectivity index (χ0n) is 7.92. The van der Waals surface area contributed by atoms with Gasteiger partial charge in [0.15, 0.2) is 0 Å². The van der Waals surface area contributed by atoms with Gasteiger partial charge in [-0.25, -0.2) is 0 Å². The lowest BCUT2D eigenvalue weighted by atomic mass is 9.67. The van der Waals surface area contributed by atoms with Gasteiger partial charge in [0.05, 0.1) is 19.8 Å². The van der Waals surface area contributed by atoms with Gasteiger partial charge in [-0.15, -0.1) is 0 Å². The van der Waals surface area contributed by atoms with Crippen molar-refractivity contribution in [1.82, 2.24) is 0 Å². The first-order chi connectivity index (χ1) is 5.54. The largest absolute Gasteiger partial charge is 0.329 e. The van der Waals surface area contributed by atoms with Gasteiger partial charge in [0.25, 0.3) is 6.48 Å². The lowest BCUT2D eigenvalue weighted by molar-refractivity contribution is -0.408. The molecule has 3 saturated heterocycles. The monoisotopic (exact) mass is 172 g/mol. The van der Waals surface area contributed by atoms with Gasteiger partial charge in [0.2, 0.25) is 0 Å². The minimum Gasteiger partial charge on any atom is -0.329 e. The fourth-order valence-corrected chi connectivity index (χ4v) is 1.60. The molecule has 0 spiro atoms. The molecule has 0 saturated carbocycles. The quantitative estimate of drug-likeness (QED) is 0.552. The van der Waals surface area contributed by atoms with E-state index in [1.54, 1.807) is 0 Å². The average Bonchev–Trinajstić information content (AvgIpc) is 2.06. The lowest BCUT2D eigenvalue weighted by Crippen LogP contribution is -2.58. The summed E-state index contributed by atoms with van der Waals surface area (Å²) in [5.41, 5.74) is 0.236. The normalized spacial score (nSPS) is 41.8. The molecular formula is C9H16O3. The van der Waals surface area contributed by atoms with E-state index < -0.39 is 6.48 Å². The number of rotatable bonds is 0. The van der Waals surface area contributed by atoms with Crippen molar-refractivity contribution in [3.8, 4) is 0 Å². The van der Waals surface area contributed by atoms with Crippen LogP contribution in [0, 0.1) is 10.8 Å². The summed E-state index contributed by atoms with van der Waals surface area (Å²) in [6, 6.07) is 0. The summed E-state index contributed by atoms with van der Waals surface area (Å²) in [5, 5.41) is 0. The molecule has 3 aliphatic rings. The zero-order valence-corrected chi connectivity index (χ0v) is 7.92. The maximum Gasteiger partial charge on any atom is 0.271 e. The van der Waals surface area contributed by atoms with Crippen molar-refractivity contribution in [2.45, 2.75) is 27.2 Å². The number of fused-ring (bicyclic) bond motifs is 3. The summed E-state index contributed by atoms with van der Waals surface area (Å²) in [4.78, 5) is 0. The van der Waals surface area contributed by atoms with E-state index in [1.165, 1.54) is 0 Å². The standard InChI is InChI=1S/C9H16O3/c1-8(2,3)9-4-10-7(11-5-9)12-6-9/h7H,4-6H2,1-3H3.